The summed E-state index contributed by atoms with van der Waals surface area (Å²) < 4.78 is 0. The molecule has 1 atom stereocenters. The van der Waals surface area contributed by atoms with E-state index in [0.717, 1.165) is 5.56 Å². The number of aryl methyl sites for hydroxylation is 1. The van der Waals surface area contributed by atoms with Crippen molar-refractivity contribution in [3.05, 3.63) is 29.8 Å². The first kappa shape index (κ1) is 15.7. The van der Waals surface area contributed by atoms with Gasteiger partial charge < -0.3 is 5.73 Å². The van der Waals surface area contributed by atoms with Gasteiger partial charge in [-0.15, -0.1) is 0 Å². The fourth-order valence-corrected chi connectivity index (χ4v) is 3.36. The highest BCUT2D eigenvalue weighted by molar-refractivity contribution is 6.22. The maximum absolute atomic E-state index is 12.7. The average Bonchev–Trinajstić information content (AvgIpc) is 2.83. The highest BCUT2D eigenvalue weighted by Gasteiger charge is 2.43. The van der Waals surface area contributed by atoms with Crippen molar-refractivity contribution in [3.8, 4) is 0 Å². The summed E-state index contributed by atoms with van der Waals surface area (Å²) in [6.45, 7) is 3.21. The van der Waals surface area contributed by atoms with Crippen LogP contribution in [0.5, 0.6) is 0 Å². The lowest BCUT2D eigenvalue weighted by Crippen LogP contribution is -2.47. The molecule has 6 nitrogen and oxygen atoms in total. The molecule has 1 aromatic carbocycles. The molecule has 6 heteroatoms. The lowest BCUT2D eigenvalue weighted by atomic mass is 9.95. The monoisotopic (exact) mass is 315 g/mol. The molecular weight excluding hydrogens is 294 g/mol. The highest BCUT2D eigenvalue weighted by atomic mass is 16.2. The minimum Gasteiger partial charge on any atom is -0.369 e. The zero-order valence-electron chi connectivity index (χ0n) is 13.2. The second-order valence-electron chi connectivity index (χ2n) is 6.34. The molecule has 23 heavy (non-hydrogen) atoms. The third kappa shape index (κ3) is 2.99. The summed E-state index contributed by atoms with van der Waals surface area (Å²) in [6, 6.07) is 6.96. The predicted molar refractivity (Wildman–Crippen MR) is 85.6 cm³/mol. The Bertz CT molecular complexity index is 633. The first-order valence-corrected chi connectivity index (χ1v) is 7.94. The number of rotatable bonds is 3. The third-order valence-electron chi connectivity index (χ3n) is 4.79. The molecule has 3 amide bonds. The first-order valence-electron chi connectivity index (χ1n) is 7.94. The van der Waals surface area contributed by atoms with Crippen molar-refractivity contribution >= 4 is 23.4 Å². The van der Waals surface area contributed by atoms with E-state index in [9.17, 15) is 14.4 Å². The van der Waals surface area contributed by atoms with E-state index in [1.165, 1.54) is 4.90 Å². The van der Waals surface area contributed by atoms with E-state index in [-0.39, 0.29) is 30.1 Å². The van der Waals surface area contributed by atoms with Crippen molar-refractivity contribution in [3.63, 3.8) is 0 Å². The van der Waals surface area contributed by atoms with Gasteiger partial charge in [-0.3, -0.25) is 19.3 Å². The fourth-order valence-electron chi connectivity index (χ4n) is 3.36. The molecule has 0 bridgehead atoms. The van der Waals surface area contributed by atoms with Crippen LogP contribution < -0.4 is 10.6 Å². The van der Waals surface area contributed by atoms with Crippen LogP contribution >= 0.6 is 0 Å². The van der Waals surface area contributed by atoms with Crippen LogP contribution in [0.3, 0.4) is 0 Å². The number of amides is 3. The Kier molecular flexibility index (Phi) is 4.17. The number of benzene rings is 1. The number of piperidine rings is 1. The van der Waals surface area contributed by atoms with Gasteiger partial charge in [-0.05, 0) is 45.0 Å². The zero-order valence-corrected chi connectivity index (χ0v) is 13.2. The molecule has 3 rings (SSSR count). The van der Waals surface area contributed by atoms with Crippen LogP contribution in [0.2, 0.25) is 0 Å². The number of likely N-dealkylation sites (tertiary alicyclic amines) is 1. The van der Waals surface area contributed by atoms with Gasteiger partial charge in [0.05, 0.1) is 18.2 Å². The summed E-state index contributed by atoms with van der Waals surface area (Å²) in [7, 11) is 0. The number of imide groups is 1. The molecule has 2 heterocycles. The van der Waals surface area contributed by atoms with Crippen LogP contribution in [0.4, 0.5) is 5.69 Å². The Morgan fingerprint density at radius 1 is 1.13 bits per heavy atom. The largest absolute Gasteiger partial charge is 0.369 e. The Hall–Kier alpha value is -2.21. The van der Waals surface area contributed by atoms with E-state index in [0.29, 0.717) is 31.6 Å². The van der Waals surface area contributed by atoms with Crippen LogP contribution in [-0.2, 0) is 14.4 Å². The number of carbonyl (C=O) groups is 3. The molecule has 2 saturated heterocycles. The lowest BCUT2D eigenvalue weighted by Gasteiger charge is -2.33. The molecule has 1 unspecified atom stereocenters. The van der Waals surface area contributed by atoms with E-state index in [4.69, 9.17) is 5.73 Å². The minimum atomic E-state index is -0.419. The van der Waals surface area contributed by atoms with Gasteiger partial charge >= 0.3 is 0 Å². The predicted octanol–water partition coefficient (Wildman–Crippen LogP) is 0.824. The maximum atomic E-state index is 12.7. The summed E-state index contributed by atoms with van der Waals surface area (Å²) in [5, 5.41) is 0. The Morgan fingerprint density at radius 3 is 2.30 bits per heavy atom. The first-order chi connectivity index (χ1) is 11.0. The summed E-state index contributed by atoms with van der Waals surface area (Å²) in [5.74, 6) is -0.733. The highest BCUT2D eigenvalue weighted by Crippen LogP contribution is 2.28. The number of nitrogens with zero attached hydrogens (tertiary/aromatic N) is 2. The lowest BCUT2D eigenvalue weighted by molar-refractivity contribution is -0.124. The SMILES string of the molecule is Cc1ccc(N2C(=O)CC(N3CCC(C(N)=O)CC3)C2=O)cc1. The van der Waals surface area contributed by atoms with Gasteiger partial charge in [-0.1, -0.05) is 17.7 Å². The molecule has 2 fully saturated rings. The van der Waals surface area contributed by atoms with Crippen LogP contribution in [0.1, 0.15) is 24.8 Å². The van der Waals surface area contributed by atoms with Gasteiger partial charge in [0.2, 0.25) is 11.8 Å². The van der Waals surface area contributed by atoms with Crippen molar-refractivity contribution in [2.45, 2.75) is 32.2 Å². The van der Waals surface area contributed by atoms with Gasteiger partial charge in [0.25, 0.3) is 5.91 Å². The molecule has 0 spiro atoms. The second kappa shape index (κ2) is 6.12. The average molecular weight is 315 g/mol. The van der Waals surface area contributed by atoms with E-state index in [1.54, 1.807) is 12.1 Å². The van der Waals surface area contributed by atoms with E-state index in [2.05, 4.69) is 0 Å². The standard InChI is InChI=1S/C17H21N3O3/c1-11-2-4-13(5-3-11)20-15(21)10-14(17(20)23)19-8-6-12(7-9-19)16(18)22/h2-5,12,14H,6-10H2,1H3,(H2,18,22). The molecule has 0 radical (unpaired) electrons. The summed E-state index contributed by atoms with van der Waals surface area (Å²) in [5.41, 5.74) is 7.05. The molecule has 1 aromatic rings. The van der Waals surface area contributed by atoms with Crippen molar-refractivity contribution in [1.29, 1.82) is 0 Å². The fraction of sp³-hybridized carbons (Fsp3) is 0.471. The third-order valence-corrected chi connectivity index (χ3v) is 4.79. The van der Waals surface area contributed by atoms with Crippen LogP contribution in [0, 0.1) is 12.8 Å². The molecule has 2 aliphatic heterocycles. The molecule has 2 N–H and O–H groups in total. The summed E-state index contributed by atoms with van der Waals surface area (Å²) in [6.07, 6.45) is 1.50. The molecule has 0 aromatic heterocycles. The van der Waals surface area contributed by atoms with Gasteiger partial charge in [0.1, 0.15) is 0 Å². The molecule has 0 aliphatic carbocycles. The van der Waals surface area contributed by atoms with E-state index in [1.807, 2.05) is 24.0 Å². The Morgan fingerprint density at radius 2 is 1.74 bits per heavy atom. The van der Waals surface area contributed by atoms with E-state index >= 15 is 0 Å². The number of nitrogens with two attached hydrogens (primary N) is 1. The Balaban J connectivity index is 1.72. The number of hydrogen-bond donors (Lipinski definition) is 1. The molecule has 0 saturated carbocycles. The summed E-state index contributed by atoms with van der Waals surface area (Å²) in [4.78, 5) is 39.5. The maximum Gasteiger partial charge on any atom is 0.251 e. The van der Waals surface area contributed by atoms with Gasteiger partial charge in [-0.25, -0.2) is 4.90 Å². The Labute approximate surface area is 135 Å². The number of primary amides is 1. The molecular formula is C17H21N3O3. The van der Waals surface area contributed by atoms with E-state index < -0.39 is 6.04 Å². The van der Waals surface area contributed by atoms with Crippen molar-refractivity contribution in [2.24, 2.45) is 11.7 Å². The molecule has 122 valence electrons. The van der Waals surface area contributed by atoms with Crippen molar-refractivity contribution < 1.29 is 14.4 Å². The normalized spacial score (nSPS) is 23.5. The number of hydrogen-bond acceptors (Lipinski definition) is 4. The van der Waals surface area contributed by atoms with Crippen molar-refractivity contribution in [2.75, 3.05) is 18.0 Å². The quantitative estimate of drug-likeness (QED) is 0.837. The van der Waals surface area contributed by atoms with Gasteiger partial charge in [0.15, 0.2) is 0 Å². The number of anilines is 1. The molecule has 2 aliphatic rings. The van der Waals surface area contributed by atoms with Gasteiger partial charge in [-0.2, -0.15) is 0 Å². The second-order valence-corrected chi connectivity index (χ2v) is 6.34. The van der Waals surface area contributed by atoms with Gasteiger partial charge in [0, 0.05) is 5.92 Å². The van der Waals surface area contributed by atoms with Crippen LogP contribution in [-0.4, -0.2) is 41.8 Å². The topological polar surface area (TPSA) is 83.7 Å². The zero-order chi connectivity index (χ0) is 16.6. The van der Waals surface area contributed by atoms with Crippen LogP contribution in [0.25, 0.3) is 0 Å². The van der Waals surface area contributed by atoms with Crippen molar-refractivity contribution in [1.82, 2.24) is 4.90 Å². The number of carbonyl (C=O) groups excluding carboxylic acids is 3. The summed E-state index contributed by atoms with van der Waals surface area (Å²) >= 11 is 0. The van der Waals surface area contributed by atoms with Crippen LogP contribution in [0.15, 0.2) is 24.3 Å². The minimum absolute atomic E-state index is 0.119. The smallest absolute Gasteiger partial charge is 0.251 e.